The van der Waals surface area contributed by atoms with E-state index in [1.54, 1.807) is 0 Å². The Balaban J connectivity index is 1.04. The lowest BCUT2D eigenvalue weighted by atomic mass is 9.86. The molecular formula is C51H33N. The van der Waals surface area contributed by atoms with E-state index in [1.807, 2.05) is 0 Å². The van der Waals surface area contributed by atoms with Gasteiger partial charge in [0, 0.05) is 16.5 Å². The Morgan fingerprint density at radius 2 is 0.808 bits per heavy atom. The van der Waals surface area contributed by atoms with Crippen LogP contribution in [-0.2, 0) is 6.42 Å². The second-order valence-corrected chi connectivity index (χ2v) is 14.0. The smallest absolute Gasteiger partial charge is 0.0541 e. The SMILES string of the molecule is c1ccc(-c2c3ccccc3c(-c3ccc(-n4c5ccccc5c5cc(-c6ccc7c(c6)Cc6ccccc6-7)ccc54)cc3)c3ccccc23)cc1. The standard InChI is InChI=1S/C51H33N/c1-2-12-33(13-3-1)50-43-17-6-8-19-45(43)51(46-20-9-7-18-44(46)50)34-22-26-39(27-23-34)52-48-21-11-10-16-42(48)47-32-36(25-29-49(47)52)35-24-28-41-38(30-35)31-37-14-4-5-15-40(37)41/h1-30,32H,31H2. The number of rotatable bonds is 4. The van der Waals surface area contributed by atoms with Gasteiger partial charge in [-0.3, -0.25) is 0 Å². The minimum absolute atomic E-state index is 1.000. The number of para-hydroxylation sites is 1. The lowest BCUT2D eigenvalue weighted by molar-refractivity contribution is 1.18. The molecule has 242 valence electrons. The third-order valence-electron chi connectivity index (χ3n) is 11.2. The average Bonchev–Trinajstić information content (AvgIpc) is 3.75. The quantitative estimate of drug-likeness (QED) is 0.166. The molecule has 0 atom stereocenters. The highest BCUT2D eigenvalue weighted by molar-refractivity contribution is 6.21. The molecule has 1 heteroatoms. The van der Waals surface area contributed by atoms with E-state index < -0.39 is 0 Å². The monoisotopic (exact) mass is 659 g/mol. The number of aromatic nitrogens is 1. The van der Waals surface area contributed by atoms with Gasteiger partial charge < -0.3 is 4.57 Å². The number of hydrogen-bond acceptors (Lipinski definition) is 0. The summed E-state index contributed by atoms with van der Waals surface area (Å²) in [5.41, 5.74) is 16.7. The predicted molar refractivity (Wildman–Crippen MR) is 220 cm³/mol. The van der Waals surface area contributed by atoms with Crippen molar-refractivity contribution in [2.45, 2.75) is 6.42 Å². The largest absolute Gasteiger partial charge is 0.309 e. The first-order chi connectivity index (χ1) is 25.8. The molecule has 0 N–H and O–H groups in total. The molecule has 52 heavy (non-hydrogen) atoms. The maximum atomic E-state index is 2.42. The molecule has 1 aromatic heterocycles. The molecule has 0 radical (unpaired) electrons. The van der Waals surface area contributed by atoms with E-state index in [1.165, 1.54) is 99.0 Å². The molecule has 9 aromatic carbocycles. The molecule has 0 amide bonds. The van der Waals surface area contributed by atoms with Crippen molar-refractivity contribution >= 4 is 43.4 Å². The summed E-state index contributed by atoms with van der Waals surface area (Å²) >= 11 is 0. The number of hydrogen-bond donors (Lipinski definition) is 0. The molecule has 0 fully saturated rings. The molecule has 10 aromatic rings. The summed E-state index contributed by atoms with van der Waals surface area (Å²) in [5, 5.41) is 7.63. The lowest BCUT2D eigenvalue weighted by Gasteiger charge is -2.18. The van der Waals surface area contributed by atoms with Gasteiger partial charge in [-0.05, 0) is 114 Å². The zero-order chi connectivity index (χ0) is 34.2. The Labute approximate surface area is 302 Å². The van der Waals surface area contributed by atoms with Gasteiger partial charge in [-0.2, -0.15) is 0 Å². The van der Waals surface area contributed by atoms with Crippen LogP contribution in [0.25, 0.3) is 93.5 Å². The third-order valence-corrected chi connectivity index (χ3v) is 11.2. The molecule has 0 aliphatic heterocycles. The summed E-state index contributed by atoms with van der Waals surface area (Å²) in [5.74, 6) is 0. The van der Waals surface area contributed by atoms with E-state index in [4.69, 9.17) is 0 Å². The summed E-state index contributed by atoms with van der Waals surface area (Å²) in [6.07, 6.45) is 1.000. The van der Waals surface area contributed by atoms with Gasteiger partial charge in [0.05, 0.1) is 11.0 Å². The number of nitrogens with zero attached hydrogens (tertiary/aromatic N) is 1. The molecule has 1 nitrogen and oxygen atoms in total. The molecule has 0 unspecified atom stereocenters. The molecule has 11 rings (SSSR count). The first-order valence-corrected chi connectivity index (χ1v) is 18.1. The van der Waals surface area contributed by atoms with Crippen molar-refractivity contribution in [3.05, 3.63) is 199 Å². The Hall–Kier alpha value is -6.70. The van der Waals surface area contributed by atoms with Crippen molar-refractivity contribution < 1.29 is 0 Å². The average molecular weight is 660 g/mol. The highest BCUT2D eigenvalue weighted by Crippen LogP contribution is 2.44. The zero-order valence-electron chi connectivity index (χ0n) is 28.6. The fraction of sp³-hybridized carbons (Fsp3) is 0.0196. The van der Waals surface area contributed by atoms with Gasteiger partial charge in [0.15, 0.2) is 0 Å². The summed E-state index contributed by atoms with van der Waals surface area (Å²) in [7, 11) is 0. The van der Waals surface area contributed by atoms with Gasteiger partial charge in [-0.25, -0.2) is 0 Å². The van der Waals surface area contributed by atoms with Crippen LogP contribution in [0, 0.1) is 0 Å². The fourth-order valence-corrected chi connectivity index (χ4v) is 8.89. The molecule has 0 saturated heterocycles. The molecule has 0 spiro atoms. The fourth-order valence-electron chi connectivity index (χ4n) is 8.89. The Morgan fingerprint density at radius 3 is 1.52 bits per heavy atom. The molecule has 0 saturated carbocycles. The molecule has 0 bridgehead atoms. The van der Waals surface area contributed by atoms with Gasteiger partial charge in [0.25, 0.3) is 0 Å². The van der Waals surface area contributed by atoms with Crippen molar-refractivity contribution in [2.75, 3.05) is 0 Å². The van der Waals surface area contributed by atoms with Gasteiger partial charge in [-0.15, -0.1) is 0 Å². The van der Waals surface area contributed by atoms with Crippen LogP contribution >= 0.6 is 0 Å². The first kappa shape index (κ1) is 29.1. The molecule has 1 aliphatic rings. The number of fused-ring (bicyclic) bond motifs is 8. The second-order valence-electron chi connectivity index (χ2n) is 14.0. The van der Waals surface area contributed by atoms with Crippen molar-refractivity contribution in [1.82, 2.24) is 4.57 Å². The molecule has 1 aliphatic carbocycles. The Morgan fingerprint density at radius 1 is 0.308 bits per heavy atom. The lowest BCUT2D eigenvalue weighted by Crippen LogP contribution is -1.94. The van der Waals surface area contributed by atoms with Crippen LogP contribution in [0.4, 0.5) is 0 Å². The second kappa shape index (κ2) is 11.4. The van der Waals surface area contributed by atoms with Crippen LogP contribution in [0.5, 0.6) is 0 Å². The molecule has 1 heterocycles. The molecular weight excluding hydrogens is 627 g/mol. The van der Waals surface area contributed by atoms with E-state index in [-0.39, 0.29) is 0 Å². The van der Waals surface area contributed by atoms with Crippen molar-refractivity contribution in [2.24, 2.45) is 0 Å². The maximum Gasteiger partial charge on any atom is 0.0541 e. The van der Waals surface area contributed by atoms with Crippen LogP contribution in [-0.4, -0.2) is 4.57 Å². The van der Waals surface area contributed by atoms with E-state index in [2.05, 4.69) is 193 Å². The van der Waals surface area contributed by atoms with Gasteiger partial charge in [0.1, 0.15) is 0 Å². The van der Waals surface area contributed by atoms with E-state index in [9.17, 15) is 0 Å². The third kappa shape index (κ3) is 4.36. The summed E-state index contributed by atoms with van der Waals surface area (Å²) in [4.78, 5) is 0. The van der Waals surface area contributed by atoms with Crippen LogP contribution in [0.15, 0.2) is 188 Å². The van der Waals surface area contributed by atoms with Crippen LogP contribution in [0.3, 0.4) is 0 Å². The number of benzene rings is 9. The summed E-state index contributed by atoms with van der Waals surface area (Å²) < 4.78 is 2.42. The topological polar surface area (TPSA) is 4.93 Å². The highest BCUT2D eigenvalue weighted by Gasteiger charge is 2.20. The predicted octanol–water partition coefficient (Wildman–Crippen LogP) is 13.7. The summed E-state index contributed by atoms with van der Waals surface area (Å²) in [6.45, 7) is 0. The highest BCUT2D eigenvalue weighted by atomic mass is 15.0. The first-order valence-electron chi connectivity index (χ1n) is 18.1. The van der Waals surface area contributed by atoms with Gasteiger partial charge in [-0.1, -0.05) is 158 Å². The van der Waals surface area contributed by atoms with Gasteiger partial charge in [0.2, 0.25) is 0 Å². The Kier molecular flexibility index (Phi) is 6.38. The Bertz CT molecular complexity index is 2960. The van der Waals surface area contributed by atoms with Crippen molar-refractivity contribution in [1.29, 1.82) is 0 Å². The van der Waals surface area contributed by atoms with Crippen molar-refractivity contribution in [3.63, 3.8) is 0 Å². The van der Waals surface area contributed by atoms with E-state index in [0.717, 1.165) is 12.1 Å². The van der Waals surface area contributed by atoms with Crippen LogP contribution < -0.4 is 0 Å². The minimum atomic E-state index is 1.000. The van der Waals surface area contributed by atoms with Crippen molar-refractivity contribution in [3.8, 4) is 50.2 Å². The van der Waals surface area contributed by atoms with E-state index >= 15 is 0 Å². The van der Waals surface area contributed by atoms with Crippen LogP contribution in [0.1, 0.15) is 11.1 Å². The maximum absolute atomic E-state index is 2.42. The minimum Gasteiger partial charge on any atom is -0.309 e. The van der Waals surface area contributed by atoms with Crippen LogP contribution in [0.2, 0.25) is 0 Å². The summed E-state index contributed by atoms with van der Waals surface area (Å²) in [6, 6.07) is 69.4. The van der Waals surface area contributed by atoms with E-state index in [0.29, 0.717) is 0 Å². The normalized spacial score (nSPS) is 12.2. The van der Waals surface area contributed by atoms with Gasteiger partial charge >= 0.3 is 0 Å². The zero-order valence-corrected chi connectivity index (χ0v) is 28.6.